The summed E-state index contributed by atoms with van der Waals surface area (Å²) in [5, 5.41) is 1.35. The minimum Gasteiger partial charge on any atom is -0.136 e. The van der Waals surface area contributed by atoms with Gasteiger partial charge in [-0.3, -0.25) is 0 Å². The van der Waals surface area contributed by atoms with Crippen molar-refractivity contribution in [2.24, 2.45) is 0 Å². The zero-order valence-corrected chi connectivity index (χ0v) is 12.9. The SMILES string of the molecule is CCCC1=C(c2cc3ccccc3s2)[CH]c2ccccc21. The summed E-state index contributed by atoms with van der Waals surface area (Å²) in [5.41, 5.74) is 5.74. The summed E-state index contributed by atoms with van der Waals surface area (Å²) < 4.78 is 1.38. The van der Waals surface area contributed by atoms with Crippen LogP contribution < -0.4 is 0 Å². The van der Waals surface area contributed by atoms with Crippen LogP contribution in [0.2, 0.25) is 0 Å². The predicted molar refractivity (Wildman–Crippen MR) is 93.4 cm³/mol. The molecular weight excluding hydrogens is 272 g/mol. The highest BCUT2D eigenvalue weighted by molar-refractivity contribution is 7.20. The molecule has 1 heteroatoms. The minimum atomic E-state index is 1.15. The Bertz CT molecular complexity index is 803. The van der Waals surface area contributed by atoms with Gasteiger partial charge in [-0.15, -0.1) is 11.3 Å². The van der Waals surface area contributed by atoms with Gasteiger partial charge in [-0.25, -0.2) is 0 Å². The molecule has 21 heavy (non-hydrogen) atoms. The second-order valence-electron chi connectivity index (χ2n) is 5.52. The maximum absolute atomic E-state index is 2.37. The Morgan fingerprint density at radius 3 is 2.62 bits per heavy atom. The lowest BCUT2D eigenvalue weighted by molar-refractivity contribution is 0.976. The van der Waals surface area contributed by atoms with E-state index >= 15 is 0 Å². The molecule has 1 aliphatic carbocycles. The fourth-order valence-electron chi connectivity index (χ4n) is 3.14. The van der Waals surface area contributed by atoms with Gasteiger partial charge in [0.1, 0.15) is 0 Å². The third-order valence-corrected chi connectivity index (χ3v) is 5.25. The van der Waals surface area contributed by atoms with E-state index in [2.05, 4.69) is 67.9 Å². The van der Waals surface area contributed by atoms with E-state index in [1.165, 1.54) is 43.7 Å². The Morgan fingerprint density at radius 1 is 0.952 bits per heavy atom. The lowest BCUT2D eigenvalue weighted by Crippen LogP contribution is -1.83. The Balaban J connectivity index is 1.88. The van der Waals surface area contributed by atoms with Gasteiger partial charge in [0.25, 0.3) is 0 Å². The van der Waals surface area contributed by atoms with Crippen molar-refractivity contribution in [1.82, 2.24) is 0 Å². The average molecular weight is 289 g/mol. The van der Waals surface area contributed by atoms with Gasteiger partial charge in [0.15, 0.2) is 0 Å². The summed E-state index contributed by atoms with van der Waals surface area (Å²) in [6.45, 7) is 2.26. The maximum Gasteiger partial charge on any atom is 0.0349 e. The smallest absolute Gasteiger partial charge is 0.0349 e. The molecule has 0 saturated heterocycles. The van der Waals surface area contributed by atoms with E-state index in [0.29, 0.717) is 0 Å². The highest BCUT2D eigenvalue weighted by atomic mass is 32.1. The monoisotopic (exact) mass is 289 g/mol. The summed E-state index contributed by atoms with van der Waals surface area (Å²) in [7, 11) is 0. The summed E-state index contributed by atoms with van der Waals surface area (Å²) in [6.07, 6.45) is 4.70. The van der Waals surface area contributed by atoms with E-state index < -0.39 is 0 Å². The molecule has 1 heterocycles. The first-order valence-corrected chi connectivity index (χ1v) is 8.34. The summed E-state index contributed by atoms with van der Waals surface area (Å²) in [5.74, 6) is 0. The second kappa shape index (κ2) is 5.16. The quantitative estimate of drug-likeness (QED) is 0.540. The van der Waals surface area contributed by atoms with Crippen molar-refractivity contribution in [2.45, 2.75) is 19.8 Å². The van der Waals surface area contributed by atoms with E-state index in [1.54, 1.807) is 0 Å². The van der Waals surface area contributed by atoms with E-state index in [9.17, 15) is 0 Å². The number of benzene rings is 2. The summed E-state index contributed by atoms with van der Waals surface area (Å²) in [6, 6.07) is 19.8. The summed E-state index contributed by atoms with van der Waals surface area (Å²) >= 11 is 1.91. The van der Waals surface area contributed by atoms with Gasteiger partial charge in [-0.2, -0.15) is 0 Å². The Kier molecular flexibility index (Phi) is 3.16. The molecule has 0 amide bonds. The fraction of sp³-hybridized carbons (Fsp3) is 0.150. The van der Waals surface area contributed by atoms with E-state index in [0.717, 1.165) is 6.42 Å². The zero-order valence-electron chi connectivity index (χ0n) is 12.1. The minimum absolute atomic E-state index is 1.15. The number of fused-ring (bicyclic) bond motifs is 2. The number of allylic oxidation sites excluding steroid dienone is 2. The van der Waals surface area contributed by atoms with Crippen LogP contribution in [0.3, 0.4) is 0 Å². The van der Waals surface area contributed by atoms with Gasteiger partial charge in [0.2, 0.25) is 0 Å². The van der Waals surface area contributed by atoms with Crippen LogP contribution in [0.4, 0.5) is 0 Å². The van der Waals surface area contributed by atoms with Crippen LogP contribution in [-0.4, -0.2) is 0 Å². The van der Waals surface area contributed by atoms with Crippen LogP contribution in [0.15, 0.2) is 54.6 Å². The lowest BCUT2D eigenvalue weighted by atomic mass is 10.0. The van der Waals surface area contributed by atoms with Gasteiger partial charge >= 0.3 is 0 Å². The average Bonchev–Trinajstić information content (AvgIpc) is 3.09. The van der Waals surface area contributed by atoms with Crippen LogP contribution in [0, 0.1) is 6.42 Å². The maximum atomic E-state index is 2.37. The third kappa shape index (κ3) is 2.13. The molecule has 1 aliphatic rings. The van der Waals surface area contributed by atoms with Gasteiger partial charge < -0.3 is 0 Å². The van der Waals surface area contributed by atoms with Crippen LogP contribution in [-0.2, 0) is 0 Å². The van der Waals surface area contributed by atoms with Crippen LogP contribution in [0.5, 0.6) is 0 Å². The summed E-state index contributed by atoms with van der Waals surface area (Å²) in [4.78, 5) is 1.40. The normalized spacial score (nSPS) is 14.0. The molecule has 0 bridgehead atoms. The largest absolute Gasteiger partial charge is 0.136 e. The van der Waals surface area contributed by atoms with Gasteiger partial charge in [0, 0.05) is 16.0 Å². The first kappa shape index (κ1) is 12.8. The van der Waals surface area contributed by atoms with Crippen molar-refractivity contribution in [1.29, 1.82) is 0 Å². The van der Waals surface area contributed by atoms with E-state index in [4.69, 9.17) is 0 Å². The molecule has 4 rings (SSSR count). The predicted octanol–water partition coefficient (Wildman–Crippen LogP) is 6.18. The Hall–Kier alpha value is -1.86. The standard InChI is InChI=1S/C20H17S/c1-2-7-17-16-10-5-3-8-14(16)12-18(17)20-13-15-9-4-6-11-19(15)21-20/h3-6,8-13H,2,7H2,1H3. The molecular formula is C20H17S. The fourth-order valence-corrected chi connectivity index (χ4v) is 4.25. The molecule has 0 N–H and O–H groups in total. The highest BCUT2D eigenvalue weighted by Crippen LogP contribution is 2.44. The van der Waals surface area contributed by atoms with Gasteiger partial charge in [-0.1, -0.05) is 55.8 Å². The molecule has 0 nitrogen and oxygen atoms in total. The molecule has 0 saturated carbocycles. The van der Waals surface area contributed by atoms with Crippen LogP contribution >= 0.6 is 11.3 Å². The molecule has 0 fully saturated rings. The topological polar surface area (TPSA) is 0 Å². The van der Waals surface area contributed by atoms with E-state index in [-0.39, 0.29) is 0 Å². The molecule has 0 spiro atoms. The molecule has 1 radical (unpaired) electrons. The lowest BCUT2D eigenvalue weighted by Gasteiger charge is -2.05. The zero-order chi connectivity index (χ0) is 14.2. The van der Waals surface area contributed by atoms with Gasteiger partial charge in [0.05, 0.1) is 0 Å². The Morgan fingerprint density at radius 2 is 1.76 bits per heavy atom. The molecule has 0 aliphatic heterocycles. The molecule has 103 valence electrons. The third-order valence-electron chi connectivity index (χ3n) is 4.10. The number of hydrogen-bond acceptors (Lipinski definition) is 1. The van der Waals surface area contributed by atoms with Gasteiger partial charge in [-0.05, 0) is 46.2 Å². The van der Waals surface area contributed by atoms with Crippen molar-refractivity contribution in [3.63, 3.8) is 0 Å². The van der Waals surface area contributed by atoms with Crippen molar-refractivity contribution in [2.75, 3.05) is 0 Å². The van der Waals surface area contributed by atoms with Crippen molar-refractivity contribution < 1.29 is 0 Å². The van der Waals surface area contributed by atoms with Crippen molar-refractivity contribution in [3.8, 4) is 0 Å². The van der Waals surface area contributed by atoms with Crippen molar-refractivity contribution >= 4 is 32.6 Å². The number of hydrogen-bond donors (Lipinski definition) is 0. The second-order valence-corrected chi connectivity index (χ2v) is 6.61. The van der Waals surface area contributed by atoms with E-state index in [1.807, 2.05) is 11.3 Å². The number of thiophene rings is 1. The van der Waals surface area contributed by atoms with Crippen LogP contribution in [0.1, 0.15) is 35.8 Å². The highest BCUT2D eigenvalue weighted by Gasteiger charge is 2.22. The van der Waals surface area contributed by atoms with Crippen LogP contribution in [0.25, 0.3) is 21.2 Å². The first-order chi connectivity index (χ1) is 10.4. The molecule has 2 aromatic carbocycles. The van der Waals surface area contributed by atoms with Crippen molar-refractivity contribution in [3.05, 3.63) is 77.0 Å². The molecule has 3 aromatic rings. The number of rotatable bonds is 3. The molecule has 1 aromatic heterocycles. The first-order valence-electron chi connectivity index (χ1n) is 7.53. The molecule has 0 unspecified atom stereocenters. The Labute approximate surface area is 129 Å². The molecule has 0 atom stereocenters.